The summed E-state index contributed by atoms with van der Waals surface area (Å²) in [5.41, 5.74) is 0.766. The Morgan fingerprint density at radius 3 is 2.50 bits per heavy atom. The van der Waals surface area contributed by atoms with Crippen LogP contribution in [0.3, 0.4) is 0 Å². The molecule has 0 amide bonds. The van der Waals surface area contributed by atoms with E-state index in [4.69, 9.17) is 0 Å². The minimum absolute atomic E-state index is 0.266. The number of hydrogen-bond donors (Lipinski definition) is 2. The summed E-state index contributed by atoms with van der Waals surface area (Å²) in [7, 11) is 0. The van der Waals surface area contributed by atoms with Crippen LogP contribution in [0, 0.1) is 11.7 Å². The van der Waals surface area contributed by atoms with Crippen LogP contribution in [0.5, 0.6) is 0 Å². The fourth-order valence-corrected chi connectivity index (χ4v) is 2.72. The zero-order valence-electron chi connectivity index (χ0n) is 10.9. The fraction of sp³-hybridized carbons (Fsp3) is 0.600. The van der Waals surface area contributed by atoms with E-state index in [1.54, 1.807) is 12.1 Å². The highest BCUT2D eigenvalue weighted by Crippen LogP contribution is 2.27. The largest absolute Gasteiger partial charge is 0.387 e. The molecule has 1 saturated carbocycles. The molecule has 1 aromatic rings. The second-order valence-corrected chi connectivity index (χ2v) is 5.31. The van der Waals surface area contributed by atoms with E-state index in [1.165, 1.54) is 37.8 Å². The molecule has 2 nitrogen and oxygen atoms in total. The molecule has 2 rings (SSSR count). The first-order valence-corrected chi connectivity index (χ1v) is 6.83. The van der Waals surface area contributed by atoms with Crippen molar-refractivity contribution < 1.29 is 9.50 Å². The Bertz CT molecular complexity index is 359. The third kappa shape index (κ3) is 3.53. The molecule has 3 heteroatoms. The summed E-state index contributed by atoms with van der Waals surface area (Å²) in [6, 6.07) is 6.50. The average Bonchev–Trinajstić information content (AvgIpc) is 2.90. The van der Waals surface area contributed by atoms with Gasteiger partial charge in [0.05, 0.1) is 6.10 Å². The van der Waals surface area contributed by atoms with Gasteiger partial charge in [-0.2, -0.15) is 0 Å². The molecular formula is C15H22FNO. The Hall–Kier alpha value is -0.930. The van der Waals surface area contributed by atoms with Gasteiger partial charge in [-0.25, -0.2) is 4.39 Å². The highest BCUT2D eigenvalue weighted by atomic mass is 19.1. The summed E-state index contributed by atoms with van der Waals surface area (Å²) in [5.74, 6) is 0.476. The molecular weight excluding hydrogens is 229 g/mol. The van der Waals surface area contributed by atoms with E-state index in [1.807, 2.05) is 0 Å². The molecule has 1 aliphatic carbocycles. The SMILES string of the molecule is C[C@H](NCC(O)c1ccc(F)cc1)C1CCCC1. The Balaban J connectivity index is 1.80. The third-order valence-electron chi connectivity index (χ3n) is 3.99. The van der Waals surface area contributed by atoms with Gasteiger partial charge in [0.15, 0.2) is 0 Å². The maximum atomic E-state index is 12.8. The van der Waals surface area contributed by atoms with Crippen molar-refractivity contribution in [1.29, 1.82) is 0 Å². The number of rotatable bonds is 5. The molecule has 0 bridgehead atoms. The van der Waals surface area contributed by atoms with Crippen LogP contribution >= 0.6 is 0 Å². The first-order chi connectivity index (χ1) is 8.66. The number of hydrogen-bond acceptors (Lipinski definition) is 2. The van der Waals surface area contributed by atoms with Crippen molar-refractivity contribution in [2.45, 2.75) is 44.8 Å². The van der Waals surface area contributed by atoms with E-state index in [2.05, 4.69) is 12.2 Å². The molecule has 0 radical (unpaired) electrons. The van der Waals surface area contributed by atoms with E-state index >= 15 is 0 Å². The highest BCUT2D eigenvalue weighted by molar-refractivity contribution is 5.18. The van der Waals surface area contributed by atoms with Crippen molar-refractivity contribution >= 4 is 0 Å². The molecule has 2 atom stereocenters. The monoisotopic (exact) mass is 251 g/mol. The van der Waals surface area contributed by atoms with E-state index < -0.39 is 6.10 Å². The second-order valence-electron chi connectivity index (χ2n) is 5.31. The molecule has 0 saturated heterocycles. The molecule has 18 heavy (non-hydrogen) atoms. The molecule has 0 aromatic heterocycles. The van der Waals surface area contributed by atoms with Crippen LogP contribution in [0.1, 0.15) is 44.3 Å². The fourth-order valence-electron chi connectivity index (χ4n) is 2.72. The lowest BCUT2D eigenvalue weighted by Gasteiger charge is -2.22. The predicted molar refractivity (Wildman–Crippen MR) is 70.8 cm³/mol. The zero-order chi connectivity index (χ0) is 13.0. The summed E-state index contributed by atoms with van der Waals surface area (Å²) in [6.07, 6.45) is 4.69. The van der Waals surface area contributed by atoms with Crippen LogP contribution in [0.4, 0.5) is 4.39 Å². The van der Waals surface area contributed by atoms with Crippen LogP contribution in [0.2, 0.25) is 0 Å². The van der Waals surface area contributed by atoms with Gasteiger partial charge in [-0.15, -0.1) is 0 Å². The van der Waals surface area contributed by atoms with Gasteiger partial charge < -0.3 is 10.4 Å². The average molecular weight is 251 g/mol. The standard InChI is InChI=1S/C15H22FNO/c1-11(12-4-2-3-5-12)17-10-15(18)13-6-8-14(16)9-7-13/h6-9,11-12,15,17-18H,2-5,10H2,1H3/t11-,15?/m0/s1. The highest BCUT2D eigenvalue weighted by Gasteiger charge is 2.21. The van der Waals surface area contributed by atoms with Crippen molar-refractivity contribution in [3.05, 3.63) is 35.6 Å². The predicted octanol–water partition coefficient (Wildman–Crippen LogP) is 3.03. The summed E-state index contributed by atoms with van der Waals surface area (Å²) in [5, 5.41) is 13.4. The van der Waals surface area contributed by atoms with Gasteiger partial charge in [-0.05, 0) is 43.4 Å². The number of halogens is 1. The lowest BCUT2D eigenvalue weighted by Crippen LogP contribution is -2.35. The quantitative estimate of drug-likeness (QED) is 0.843. The number of aliphatic hydroxyl groups is 1. The molecule has 0 aliphatic heterocycles. The molecule has 0 spiro atoms. The molecule has 100 valence electrons. The van der Waals surface area contributed by atoms with Gasteiger partial charge in [0.2, 0.25) is 0 Å². The summed E-state index contributed by atoms with van der Waals surface area (Å²) in [4.78, 5) is 0. The minimum atomic E-state index is -0.561. The minimum Gasteiger partial charge on any atom is -0.387 e. The van der Waals surface area contributed by atoms with Crippen LogP contribution < -0.4 is 5.32 Å². The van der Waals surface area contributed by atoms with Crippen molar-refractivity contribution in [2.24, 2.45) is 5.92 Å². The van der Waals surface area contributed by atoms with Gasteiger partial charge in [0, 0.05) is 12.6 Å². The summed E-state index contributed by atoms with van der Waals surface area (Å²) >= 11 is 0. The Labute approximate surface area is 108 Å². The normalized spacial score (nSPS) is 19.9. The van der Waals surface area contributed by atoms with Crippen LogP contribution in [0.15, 0.2) is 24.3 Å². The number of benzene rings is 1. The van der Waals surface area contributed by atoms with Crippen LogP contribution in [0.25, 0.3) is 0 Å². The van der Waals surface area contributed by atoms with E-state index in [0.717, 1.165) is 11.5 Å². The van der Waals surface area contributed by atoms with Crippen LogP contribution in [-0.4, -0.2) is 17.7 Å². The van der Waals surface area contributed by atoms with E-state index in [9.17, 15) is 9.50 Å². The Morgan fingerprint density at radius 1 is 1.28 bits per heavy atom. The van der Waals surface area contributed by atoms with E-state index in [0.29, 0.717) is 12.6 Å². The first-order valence-electron chi connectivity index (χ1n) is 6.83. The topological polar surface area (TPSA) is 32.3 Å². The van der Waals surface area contributed by atoms with Crippen molar-refractivity contribution in [3.63, 3.8) is 0 Å². The van der Waals surface area contributed by atoms with Gasteiger partial charge in [0.25, 0.3) is 0 Å². The van der Waals surface area contributed by atoms with Gasteiger partial charge in [-0.1, -0.05) is 25.0 Å². The maximum absolute atomic E-state index is 12.8. The van der Waals surface area contributed by atoms with Crippen molar-refractivity contribution in [3.8, 4) is 0 Å². The van der Waals surface area contributed by atoms with Crippen molar-refractivity contribution in [1.82, 2.24) is 5.32 Å². The van der Waals surface area contributed by atoms with Gasteiger partial charge in [0.1, 0.15) is 5.82 Å². The lowest BCUT2D eigenvalue weighted by molar-refractivity contribution is 0.165. The molecule has 1 unspecified atom stereocenters. The molecule has 2 N–H and O–H groups in total. The Morgan fingerprint density at radius 2 is 1.89 bits per heavy atom. The zero-order valence-corrected chi connectivity index (χ0v) is 10.9. The molecule has 1 aliphatic rings. The van der Waals surface area contributed by atoms with Crippen molar-refractivity contribution in [2.75, 3.05) is 6.54 Å². The molecule has 0 heterocycles. The second kappa shape index (κ2) is 6.30. The lowest BCUT2D eigenvalue weighted by atomic mass is 9.99. The summed E-state index contributed by atoms with van der Waals surface area (Å²) < 4.78 is 12.8. The molecule has 1 aromatic carbocycles. The van der Waals surface area contributed by atoms with Gasteiger partial charge >= 0.3 is 0 Å². The first kappa shape index (κ1) is 13.5. The Kier molecular flexibility index (Phi) is 4.72. The van der Waals surface area contributed by atoms with E-state index in [-0.39, 0.29) is 5.82 Å². The van der Waals surface area contributed by atoms with Gasteiger partial charge in [-0.3, -0.25) is 0 Å². The van der Waals surface area contributed by atoms with Crippen LogP contribution in [-0.2, 0) is 0 Å². The number of nitrogens with one attached hydrogen (secondary N) is 1. The summed E-state index contributed by atoms with van der Waals surface area (Å²) in [6.45, 7) is 2.72. The third-order valence-corrected chi connectivity index (χ3v) is 3.99. The smallest absolute Gasteiger partial charge is 0.123 e. The molecule has 1 fully saturated rings. The maximum Gasteiger partial charge on any atom is 0.123 e. The number of aliphatic hydroxyl groups excluding tert-OH is 1.